The quantitative estimate of drug-likeness (QED) is 0.444. The summed E-state index contributed by atoms with van der Waals surface area (Å²) in [5, 5.41) is 6.47. The molecular weight excluding hydrogens is 240 g/mol. The van der Waals surface area contributed by atoms with Gasteiger partial charge >= 0.3 is 0 Å². The highest BCUT2D eigenvalue weighted by molar-refractivity contribution is 7.85. The second-order valence-electron chi connectivity index (χ2n) is 2.82. The van der Waals surface area contributed by atoms with E-state index >= 15 is 0 Å². The number of benzene rings is 1. The molecule has 1 aromatic carbocycles. The molecule has 0 aliphatic carbocycles. The zero-order chi connectivity index (χ0) is 12.5. The van der Waals surface area contributed by atoms with Gasteiger partial charge in [0, 0.05) is 26.6 Å². The molecular formula is C9H8N6OS. The molecule has 0 aromatic heterocycles. The molecule has 8 heteroatoms. The molecule has 0 bridgehead atoms. The van der Waals surface area contributed by atoms with Crippen LogP contribution in [-0.2, 0) is 10.8 Å². The van der Waals surface area contributed by atoms with Crippen LogP contribution in [0.1, 0.15) is 0 Å². The van der Waals surface area contributed by atoms with Gasteiger partial charge in [0.1, 0.15) is 0 Å². The highest BCUT2D eigenvalue weighted by atomic mass is 32.2. The molecule has 17 heavy (non-hydrogen) atoms. The van der Waals surface area contributed by atoms with Crippen molar-refractivity contribution in [2.45, 2.75) is 4.90 Å². The van der Waals surface area contributed by atoms with E-state index in [4.69, 9.17) is 11.1 Å². The smallest absolute Gasteiger partial charge is 0.0572 e. The van der Waals surface area contributed by atoms with Crippen LogP contribution < -0.4 is 0 Å². The lowest BCUT2D eigenvalue weighted by atomic mass is 10.4. The Morgan fingerprint density at radius 3 is 2.59 bits per heavy atom. The zero-order valence-corrected chi connectivity index (χ0v) is 9.49. The number of hydrogen-bond donors (Lipinski definition) is 0. The topological polar surface area (TPSA) is 115 Å². The van der Waals surface area contributed by atoms with Crippen LogP contribution in [0.15, 0.2) is 57.4 Å². The Morgan fingerprint density at radius 2 is 2.00 bits per heavy atom. The lowest BCUT2D eigenvalue weighted by Gasteiger charge is -2.01. The standard InChI is InChI=1S/C9H8N6OS/c10-14-12-6-8(13-15-11)7-17(16)9-4-2-1-3-5-9/h1-6H,7H2/b8-6-. The van der Waals surface area contributed by atoms with Crippen molar-refractivity contribution < 1.29 is 4.21 Å². The average molecular weight is 248 g/mol. The number of hydrogen-bond acceptors (Lipinski definition) is 3. The highest BCUT2D eigenvalue weighted by Gasteiger charge is 2.05. The van der Waals surface area contributed by atoms with Gasteiger partial charge in [0.05, 0.1) is 16.6 Å². The van der Waals surface area contributed by atoms with Crippen molar-refractivity contribution in [3.63, 3.8) is 0 Å². The number of nitrogens with zero attached hydrogens (tertiary/aromatic N) is 6. The number of azide groups is 2. The first-order valence-corrected chi connectivity index (χ1v) is 5.81. The van der Waals surface area contributed by atoms with Gasteiger partial charge in [-0.3, -0.25) is 4.21 Å². The molecule has 1 rings (SSSR count). The second-order valence-corrected chi connectivity index (χ2v) is 4.27. The van der Waals surface area contributed by atoms with Gasteiger partial charge in [-0.25, -0.2) is 0 Å². The Morgan fingerprint density at radius 1 is 1.29 bits per heavy atom. The fraction of sp³-hybridized carbons (Fsp3) is 0.111. The summed E-state index contributed by atoms with van der Waals surface area (Å²) in [5.74, 6) is 0.00704. The van der Waals surface area contributed by atoms with E-state index in [0.717, 1.165) is 6.20 Å². The van der Waals surface area contributed by atoms with Crippen molar-refractivity contribution in [1.29, 1.82) is 0 Å². The predicted octanol–water partition coefficient (Wildman–Crippen LogP) is 3.26. The van der Waals surface area contributed by atoms with Crippen LogP contribution in [0.3, 0.4) is 0 Å². The van der Waals surface area contributed by atoms with E-state index < -0.39 is 10.8 Å². The van der Waals surface area contributed by atoms with Gasteiger partial charge in [-0.2, -0.15) is 0 Å². The molecule has 0 N–H and O–H groups in total. The predicted molar refractivity (Wildman–Crippen MR) is 64.1 cm³/mol. The van der Waals surface area contributed by atoms with E-state index in [1.165, 1.54) is 0 Å². The van der Waals surface area contributed by atoms with Crippen molar-refractivity contribution in [3.8, 4) is 0 Å². The molecule has 1 atom stereocenters. The maximum Gasteiger partial charge on any atom is 0.0572 e. The summed E-state index contributed by atoms with van der Waals surface area (Å²) in [6.07, 6.45) is 1.06. The first-order chi connectivity index (χ1) is 8.27. The monoisotopic (exact) mass is 248 g/mol. The van der Waals surface area contributed by atoms with E-state index in [9.17, 15) is 4.21 Å². The number of rotatable bonds is 5. The Bertz CT molecular complexity index is 528. The summed E-state index contributed by atoms with van der Waals surface area (Å²) in [6.45, 7) is 0. The molecule has 0 saturated carbocycles. The van der Waals surface area contributed by atoms with Crippen molar-refractivity contribution in [2.24, 2.45) is 10.2 Å². The summed E-state index contributed by atoms with van der Waals surface area (Å²) in [7, 11) is -1.33. The first-order valence-electron chi connectivity index (χ1n) is 4.49. The van der Waals surface area contributed by atoms with Crippen LogP contribution in [0.4, 0.5) is 0 Å². The normalized spacial score (nSPS) is 12.1. The van der Waals surface area contributed by atoms with E-state index in [2.05, 4.69) is 20.1 Å². The van der Waals surface area contributed by atoms with E-state index in [1.54, 1.807) is 24.3 Å². The van der Waals surface area contributed by atoms with Crippen LogP contribution in [0, 0.1) is 0 Å². The molecule has 0 fully saturated rings. The van der Waals surface area contributed by atoms with Crippen LogP contribution >= 0.6 is 0 Å². The van der Waals surface area contributed by atoms with Crippen LogP contribution in [0.2, 0.25) is 0 Å². The third-order valence-corrected chi connectivity index (χ3v) is 3.07. The Balaban J connectivity index is 2.85. The SMILES string of the molecule is [N-]=[N+]=N/C=C(/CS(=O)c1ccccc1)N=[N+]=[N-]. The molecule has 0 spiro atoms. The molecule has 0 aliphatic rings. The Hall–Kier alpha value is -2.27. The third-order valence-electron chi connectivity index (χ3n) is 1.72. The molecule has 0 heterocycles. The summed E-state index contributed by atoms with van der Waals surface area (Å²) in [6, 6.07) is 8.74. The van der Waals surface area contributed by atoms with Gasteiger partial charge in [0.2, 0.25) is 0 Å². The van der Waals surface area contributed by atoms with Crippen molar-refractivity contribution in [1.82, 2.24) is 0 Å². The highest BCUT2D eigenvalue weighted by Crippen LogP contribution is 2.10. The van der Waals surface area contributed by atoms with Crippen molar-refractivity contribution in [3.05, 3.63) is 63.1 Å². The fourth-order valence-corrected chi connectivity index (χ4v) is 2.06. The van der Waals surface area contributed by atoms with Crippen LogP contribution in [0.25, 0.3) is 20.9 Å². The summed E-state index contributed by atoms with van der Waals surface area (Å²) in [4.78, 5) is 5.70. The first kappa shape index (κ1) is 12.8. The summed E-state index contributed by atoms with van der Waals surface area (Å²) >= 11 is 0. The van der Waals surface area contributed by atoms with Gasteiger partial charge in [-0.15, -0.1) is 0 Å². The molecule has 1 unspecified atom stereocenters. The van der Waals surface area contributed by atoms with Gasteiger partial charge in [-0.05, 0) is 23.2 Å². The molecule has 7 nitrogen and oxygen atoms in total. The van der Waals surface area contributed by atoms with Crippen molar-refractivity contribution >= 4 is 10.8 Å². The van der Waals surface area contributed by atoms with E-state index in [-0.39, 0.29) is 11.4 Å². The zero-order valence-electron chi connectivity index (χ0n) is 8.67. The Kier molecular flexibility index (Phi) is 5.33. The summed E-state index contributed by atoms with van der Waals surface area (Å²) in [5.41, 5.74) is 16.6. The molecule has 0 radical (unpaired) electrons. The summed E-state index contributed by atoms with van der Waals surface area (Å²) < 4.78 is 11.8. The third kappa shape index (κ3) is 4.40. The molecule has 0 saturated heterocycles. The fourth-order valence-electron chi connectivity index (χ4n) is 1.03. The lowest BCUT2D eigenvalue weighted by molar-refractivity contribution is 0.684. The second kappa shape index (κ2) is 7.08. The largest absolute Gasteiger partial charge is 0.254 e. The van der Waals surface area contributed by atoms with Crippen molar-refractivity contribution in [2.75, 3.05) is 5.75 Å². The maximum absolute atomic E-state index is 11.8. The van der Waals surface area contributed by atoms with Crippen LogP contribution in [-0.4, -0.2) is 9.96 Å². The van der Waals surface area contributed by atoms with Gasteiger partial charge in [-0.1, -0.05) is 28.4 Å². The van der Waals surface area contributed by atoms with Gasteiger partial charge in [0.15, 0.2) is 0 Å². The lowest BCUT2D eigenvalue weighted by Crippen LogP contribution is -1.99. The molecule has 86 valence electrons. The maximum atomic E-state index is 11.8. The minimum absolute atomic E-state index is 0.00704. The van der Waals surface area contributed by atoms with E-state index in [0.29, 0.717) is 4.90 Å². The average Bonchev–Trinajstić information content (AvgIpc) is 2.37. The minimum atomic E-state index is -1.33. The molecule has 1 aromatic rings. The van der Waals surface area contributed by atoms with Crippen LogP contribution in [0.5, 0.6) is 0 Å². The van der Waals surface area contributed by atoms with Gasteiger partial charge in [0.25, 0.3) is 0 Å². The minimum Gasteiger partial charge on any atom is -0.254 e. The Labute approximate surface area is 99.5 Å². The van der Waals surface area contributed by atoms with E-state index in [1.807, 2.05) is 6.07 Å². The molecule has 0 aliphatic heterocycles. The van der Waals surface area contributed by atoms with Gasteiger partial charge < -0.3 is 0 Å². The molecule has 0 amide bonds.